The van der Waals surface area contributed by atoms with E-state index in [1.54, 1.807) is 11.4 Å². The summed E-state index contributed by atoms with van der Waals surface area (Å²) in [5.74, 6) is -0.306. The van der Waals surface area contributed by atoms with Crippen molar-refractivity contribution in [3.8, 4) is 0 Å². The number of benzene rings is 1. The molecule has 0 atom stereocenters. The number of hydrogen-bond acceptors (Lipinski definition) is 5. The Bertz CT molecular complexity index is 902. The number of nitrogens with zero attached hydrogens (tertiary/aromatic N) is 1. The summed E-state index contributed by atoms with van der Waals surface area (Å²) in [6.07, 6.45) is 4.88. The number of thiazole rings is 1. The van der Waals surface area contributed by atoms with E-state index < -0.39 is 0 Å². The molecule has 0 aliphatic heterocycles. The zero-order valence-corrected chi connectivity index (χ0v) is 17.4. The van der Waals surface area contributed by atoms with Crippen molar-refractivity contribution in [1.29, 1.82) is 0 Å². The molecule has 1 aromatic carbocycles. The van der Waals surface area contributed by atoms with Crippen molar-refractivity contribution in [2.24, 2.45) is 0 Å². The third-order valence-electron chi connectivity index (χ3n) is 4.17. The van der Waals surface area contributed by atoms with Crippen molar-refractivity contribution in [2.45, 2.75) is 39.0 Å². The van der Waals surface area contributed by atoms with Gasteiger partial charge in [0.05, 0.1) is 17.0 Å². The van der Waals surface area contributed by atoms with Gasteiger partial charge in [-0.05, 0) is 42.0 Å². The predicted molar refractivity (Wildman–Crippen MR) is 116 cm³/mol. The van der Waals surface area contributed by atoms with Gasteiger partial charge in [0.2, 0.25) is 5.91 Å². The van der Waals surface area contributed by atoms with Crippen LogP contribution in [0.15, 0.2) is 47.2 Å². The lowest BCUT2D eigenvalue weighted by atomic mass is 10.1. The summed E-state index contributed by atoms with van der Waals surface area (Å²) in [4.78, 5) is 29.3. The molecule has 0 bridgehead atoms. The third kappa shape index (κ3) is 6.00. The number of nitrogens with one attached hydrogen (secondary N) is 2. The molecule has 0 fully saturated rings. The van der Waals surface area contributed by atoms with Gasteiger partial charge in [-0.15, -0.1) is 22.7 Å². The average Bonchev–Trinajstić information content (AvgIpc) is 3.36. The summed E-state index contributed by atoms with van der Waals surface area (Å²) < 4.78 is 0. The van der Waals surface area contributed by atoms with Crippen LogP contribution in [0.4, 0.5) is 10.8 Å². The molecule has 0 aliphatic carbocycles. The van der Waals surface area contributed by atoms with Crippen LogP contribution in [0.2, 0.25) is 0 Å². The van der Waals surface area contributed by atoms with E-state index in [4.69, 9.17) is 0 Å². The zero-order valence-electron chi connectivity index (χ0n) is 15.7. The number of carbonyl (C=O) groups excluding carboxylic acids is 2. The Morgan fingerprint density at radius 3 is 2.57 bits per heavy atom. The Kier molecular flexibility index (Phi) is 7.33. The van der Waals surface area contributed by atoms with Gasteiger partial charge in [0.1, 0.15) is 0 Å². The molecule has 2 N–H and O–H groups in total. The van der Waals surface area contributed by atoms with Crippen LogP contribution in [0.5, 0.6) is 0 Å². The standard InChI is InChI=1S/C21H23N3O2S2/c1-2-3-4-6-15-8-10-16(11-9-15)22-19(25)13-17-14-28-21(23-17)24-20(26)18-7-5-12-27-18/h5,7-12,14H,2-4,6,13H2,1H3,(H,22,25)(H,23,24,26). The fraction of sp³-hybridized carbons (Fsp3) is 0.286. The first-order valence-corrected chi connectivity index (χ1v) is 11.1. The van der Waals surface area contributed by atoms with Crippen molar-refractivity contribution in [1.82, 2.24) is 4.98 Å². The van der Waals surface area contributed by atoms with Crippen molar-refractivity contribution in [3.05, 3.63) is 63.3 Å². The molecule has 2 amide bonds. The van der Waals surface area contributed by atoms with Crippen LogP contribution in [0.25, 0.3) is 0 Å². The molecule has 0 saturated heterocycles. The lowest BCUT2D eigenvalue weighted by molar-refractivity contribution is -0.115. The molecular formula is C21H23N3O2S2. The van der Waals surface area contributed by atoms with E-state index in [-0.39, 0.29) is 18.2 Å². The highest BCUT2D eigenvalue weighted by atomic mass is 32.1. The van der Waals surface area contributed by atoms with Crippen LogP contribution < -0.4 is 10.6 Å². The quantitative estimate of drug-likeness (QED) is 0.463. The Balaban J connectivity index is 1.48. The maximum atomic E-state index is 12.3. The summed E-state index contributed by atoms with van der Waals surface area (Å²) in [7, 11) is 0. The highest BCUT2D eigenvalue weighted by molar-refractivity contribution is 7.14. The van der Waals surface area contributed by atoms with Crippen LogP contribution in [-0.4, -0.2) is 16.8 Å². The van der Waals surface area contributed by atoms with Crippen LogP contribution >= 0.6 is 22.7 Å². The van der Waals surface area contributed by atoms with Crippen molar-refractivity contribution in [3.63, 3.8) is 0 Å². The highest BCUT2D eigenvalue weighted by Gasteiger charge is 2.12. The topological polar surface area (TPSA) is 71.1 Å². The van der Waals surface area contributed by atoms with Gasteiger partial charge in [-0.3, -0.25) is 14.9 Å². The van der Waals surface area contributed by atoms with E-state index in [1.165, 1.54) is 47.5 Å². The summed E-state index contributed by atoms with van der Waals surface area (Å²) in [6, 6.07) is 11.6. The van der Waals surface area contributed by atoms with Crippen molar-refractivity contribution < 1.29 is 9.59 Å². The largest absolute Gasteiger partial charge is 0.326 e. The van der Waals surface area contributed by atoms with E-state index >= 15 is 0 Å². The number of anilines is 2. The lowest BCUT2D eigenvalue weighted by Crippen LogP contribution is -2.15. The van der Waals surface area contributed by atoms with E-state index in [9.17, 15) is 9.59 Å². The van der Waals surface area contributed by atoms with Gasteiger partial charge < -0.3 is 5.32 Å². The van der Waals surface area contributed by atoms with Crippen LogP contribution in [-0.2, 0) is 17.6 Å². The molecule has 3 aromatic rings. The molecule has 0 radical (unpaired) electrons. The highest BCUT2D eigenvalue weighted by Crippen LogP contribution is 2.19. The van der Waals surface area contributed by atoms with Crippen LogP contribution in [0.3, 0.4) is 0 Å². The molecule has 0 unspecified atom stereocenters. The van der Waals surface area contributed by atoms with E-state index in [0.717, 1.165) is 12.1 Å². The number of carbonyl (C=O) groups is 2. The van der Waals surface area contributed by atoms with Gasteiger partial charge in [-0.25, -0.2) is 4.98 Å². The second-order valence-electron chi connectivity index (χ2n) is 6.45. The first-order chi connectivity index (χ1) is 13.6. The van der Waals surface area contributed by atoms with E-state index in [2.05, 4.69) is 34.7 Å². The third-order valence-corrected chi connectivity index (χ3v) is 5.84. The molecule has 2 aromatic heterocycles. The average molecular weight is 414 g/mol. The minimum Gasteiger partial charge on any atom is -0.326 e. The van der Waals surface area contributed by atoms with E-state index in [0.29, 0.717) is 15.7 Å². The molecule has 0 saturated carbocycles. The molecule has 5 nitrogen and oxygen atoms in total. The van der Waals surface area contributed by atoms with Gasteiger partial charge in [0.15, 0.2) is 5.13 Å². The van der Waals surface area contributed by atoms with Crippen LogP contribution in [0, 0.1) is 0 Å². The number of unbranched alkanes of at least 4 members (excludes halogenated alkanes) is 2. The molecule has 0 spiro atoms. The van der Waals surface area contributed by atoms with Crippen molar-refractivity contribution >= 4 is 45.3 Å². The summed E-state index contributed by atoms with van der Waals surface area (Å²) in [5.41, 5.74) is 2.71. The molecule has 146 valence electrons. The maximum Gasteiger partial charge on any atom is 0.267 e. The monoisotopic (exact) mass is 413 g/mol. The minimum absolute atomic E-state index is 0.125. The smallest absolute Gasteiger partial charge is 0.267 e. The summed E-state index contributed by atoms with van der Waals surface area (Å²) >= 11 is 2.69. The van der Waals surface area contributed by atoms with E-state index in [1.807, 2.05) is 23.6 Å². The first kappa shape index (κ1) is 20.2. The van der Waals surface area contributed by atoms with Crippen molar-refractivity contribution in [2.75, 3.05) is 10.6 Å². The second kappa shape index (κ2) is 10.1. The SMILES string of the molecule is CCCCCc1ccc(NC(=O)Cc2csc(NC(=O)c3cccs3)n2)cc1. The molecule has 7 heteroatoms. The Morgan fingerprint density at radius 2 is 1.86 bits per heavy atom. The first-order valence-electron chi connectivity index (χ1n) is 9.32. The summed E-state index contributed by atoms with van der Waals surface area (Å²) in [6.45, 7) is 2.20. The zero-order chi connectivity index (χ0) is 19.8. The number of amides is 2. The van der Waals surface area contributed by atoms with Crippen LogP contribution in [0.1, 0.15) is 47.1 Å². The fourth-order valence-electron chi connectivity index (χ4n) is 2.72. The van der Waals surface area contributed by atoms with Gasteiger partial charge in [0, 0.05) is 11.1 Å². The van der Waals surface area contributed by atoms with Gasteiger partial charge in [0.25, 0.3) is 5.91 Å². The molecule has 28 heavy (non-hydrogen) atoms. The molecule has 3 rings (SSSR count). The minimum atomic E-state index is -0.181. The Hall–Kier alpha value is -2.51. The number of aryl methyl sites for hydroxylation is 1. The van der Waals surface area contributed by atoms with Gasteiger partial charge in [-0.2, -0.15) is 0 Å². The Morgan fingerprint density at radius 1 is 1.04 bits per heavy atom. The molecule has 0 aliphatic rings. The number of thiophene rings is 1. The Labute approximate surface area is 172 Å². The molecular weight excluding hydrogens is 390 g/mol. The lowest BCUT2D eigenvalue weighted by Gasteiger charge is -2.06. The predicted octanol–water partition coefficient (Wildman–Crippen LogP) is 5.37. The maximum absolute atomic E-state index is 12.3. The van der Waals surface area contributed by atoms with Gasteiger partial charge >= 0.3 is 0 Å². The number of hydrogen-bond donors (Lipinski definition) is 2. The number of aromatic nitrogens is 1. The normalized spacial score (nSPS) is 10.6. The summed E-state index contributed by atoms with van der Waals surface area (Å²) in [5, 5.41) is 9.80. The fourth-order valence-corrected chi connectivity index (χ4v) is 4.04. The number of rotatable bonds is 9. The molecule has 2 heterocycles. The second-order valence-corrected chi connectivity index (χ2v) is 8.26. The van der Waals surface area contributed by atoms with Gasteiger partial charge in [-0.1, -0.05) is 38.0 Å².